The summed E-state index contributed by atoms with van der Waals surface area (Å²) in [5.41, 5.74) is -8.10. The highest BCUT2D eigenvalue weighted by molar-refractivity contribution is 6.31. The highest BCUT2D eigenvalue weighted by Crippen LogP contribution is 2.63. The maximum atomic E-state index is 15.5. The number of hydrogen-bond acceptors (Lipinski definition) is 14. The standard InChI is InChI=1S/C45H55ClN2O14/c1-22-28(60-39(55)33(52)32(25-14-11-10-12-15-25)47-40(56)62-41(4,5)6)20-45(57)36(48-38(54)26-16-13-17-27(46)18-26)35-43(9,29(51)19-30-44(35,21-58-30)61-24(3)50)37(53)34(59-23(2)49)31(22)42(45,7)8/h10-18,28-30,32-36,51-52,57H,19-21H2,1-9H3,(H,47,56)(H,48,54)/t28-,29-,30+,32-,33+,34+,35?,36-,43+,44-,45+/m0/s1. The molecule has 1 heterocycles. The van der Waals surface area contributed by atoms with Crippen molar-refractivity contribution in [2.75, 3.05) is 6.61 Å². The number of nitrogens with one attached hydrogen (secondary N) is 2. The molecule has 11 atom stereocenters. The average molecular weight is 883 g/mol. The number of ketones is 1. The molecule has 2 saturated carbocycles. The normalized spacial score (nSPS) is 32.2. The van der Waals surface area contributed by atoms with Crippen molar-refractivity contribution in [3.05, 3.63) is 81.9 Å². The van der Waals surface area contributed by atoms with E-state index in [-0.39, 0.29) is 34.8 Å². The number of carbonyl (C=O) groups is 6. The summed E-state index contributed by atoms with van der Waals surface area (Å²) in [6.07, 6.45) is -9.60. The van der Waals surface area contributed by atoms with E-state index in [0.29, 0.717) is 5.56 Å². The number of esters is 3. The fourth-order valence-corrected chi connectivity index (χ4v) is 10.2. The number of rotatable bonds is 9. The molecule has 4 aliphatic rings. The van der Waals surface area contributed by atoms with Crippen molar-refractivity contribution in [2.24, 2.45) is 16.7 Å². The van der Waals surface area contributed by atoms with E-state index < -0.39 is 118 Å². The summed E-state index contributed by atoms with van der Waals surface area (Å²) < 4.78 is 29.3. The van der Waals surface area contributed by atoms with Gasteiger partial charge in [-0.1, -0.05) is 61.8 Å². The monoisotopic (exact) mass is 882 g/mol. The van der Waals surface area contributed by atoms with E-state index in [2.05, 4.69) is 10.6 Å². The lowest BCUT2D eigenvalue weighted by Crippen LogP contribution is -2.83. The van der Waals surface area contributed by atoms with Gasteiger partial charge in [-0.05, 0) is 69.5 Å². The molecule has 1 unspecified atom stereocenters. The van der Waals surface area contributed by atoms with Crippen molar-refractivity contribution in [2.45, 2.75) is 135 Å². The van der Waals surface area contributed by atoms with Crippen LogP contribution in [-0.2, 0) is 42.9 Å². The van der Waals surface area contributed by atoms with Gasteiger partial charge in [0.1, 0.15) is 17.8 Å². The van der Waals surface area contributed by atoms with Gasteiger partial charge in [-0.15, -0.1) is 0 Å². The zero-order valence-electron chi connectivity index (χ0n) is 36.1. The summed E-state index contributed by atoms with van der Waals surface area (Å²) in [6, 6.07) is 11.1. The number of alkyl carbamates (subject to hydrolysis) is 1. The van der Waals surface area contributed by atoms with Crippen LogP contribution in [0.2, 0.25) is 5.02 Å². The molecule has 2 bridgehead atoms. The zero-order chi connectivity index (χ0) is 45.9. The minimum atomic E-state index is -2.32. The molecule has 2 aromatic rings. The van der Waals surface area contributed by atoms with Gasteiger partial charge in [-0.25, -0.2) is 9.59 Å². The third-order valence-electron chi connectivity index (χ3n) is 13.0. The van der Waals surface area contributed by atoms with E-state index in [0.717, 1.165) is 13.8 Å². The molecule has 3 fully saturated rings. The van der Waals surface area contributed by atoms with Crippen molar-refractivity contribution in [1.29, 1.82) is 0 Å². The van der Waals surface area contributed by atoms with Crippen LogP contribution in [0.1, 0.15) is 97.1 Å². The van der Waals surface area contributed by atoms with Crippen molar-refractivity contribution in [1.82, 2.24) is 10.6 Å². The fraction of sp³-hybridized carbons (Fsp3) is 0.556. The lowest BCUT2D eigenvalue weighted by atomic mass is 9.44. The summed E-state index contributed by atoms with van der Waals surface area (Å²) in [5, 5.41) is 43.2. The molecule has 16 nitrogen and oxygen atoms in total. The van der Waals surface area contributed by atoms with Crippen molar-refractivity contribution in [3.63, 3.8) is 0 Å². The highest BCUT2D eigenvalue weighted by atomic mass is 35.5. The topological polar surface area (TPSA) is 233 Å². The van der Waals surface area contributed by atoms with E-state index in [9.17, 15) is 39.3 Å². The van der Waals surface area contributed by atoms with E-state index in [1.54, 1.807) is 71.0 Å². The number of aliphatic hydroxyl groups excluding tert-OH is 2. The Morgan fingerprint density at radius 3 is 2.19 bits per heavy atom. The summed E-state index contributed by atoms with van der Waals surface area (Å²) >= 11 is 6.29. The van der Waals surface area contributed by atoms with Crippen LogP contribution in [0.4, 0.5) is 4.79 Å². The molecule has 1 saturated heterocycles. The number of amides is 2. The molecule has 2 amide bonds. The Hall–Kier alpha value is -4.87. The molecular formula is C45H55ClN2O14. The number of Topliss-reactive ketones (excluding diaryl/α,β-unsaturated/α-hetero) is 1. The van der Waals surface area contributed by atoms with Gasteiger partial charge < -0.3 is 49.6 Å². The summed E-state index contributed by atoms with van der Waals surface area (Å²) in [6.45, 7) is 13.0. The first-order valence-electron chi connectivity index (χ1n) is 20.4. The van der Waals surface area contributed by atoms with Gasteiger partial charge in [0.05, 0.1) is 35.8 Å². The summed E-state index contributed by atoms with van der Waals surface area (Å²) in [5.74, 6) is -6.02. The lowest BCUT2D eigenvalue weighted by molar-refractivity contribution is -0.332. The lowest BCUT2D eigenvalue weighted by Gasteiger charge is -2.68. The second-order valence-electron chi connectivity index (χ2n) is 18.4. The molecule has 0 radical (unpaired) electrons. The summed E-state index contributed by atoms with van der Waals surface area (Å²) in [4.78, 5) is 83.2. The van der Waals surface area contributed by atoms with Crippen LogP contribution in [0, 0.1) is 16.7 Å². The maximum Gasteiger partial charge on any atom is 0.408 e. The van der Waals surface area contributed by atoms with Gasteiger partial charge in [0.15, 0.2) is 23.6 Å². The molecule has 336 valence electrons. The van der Waals surface area contributed by atoms with Gasteiger partial charge in [-0.2, -0.15) is 0 Å². The van der Waals surface area contributed by atoms with Crippen LogP contribution < -0.4 is 10.6 Å². The molecule has 62 heavy (non-hydrogen) atoms. The van der Waals surface area contributed by atoms with Crippen molar-refractivity contribution in [3.8, 4) is 0 Å². The second kappa shape index (κ2) is 16.7. The number of benzene rings is 2. The minimum absolute atomic E-state index is 0.00706. The van der Waals surface area contributed by atoms with Crippen molar-refractivity contribution >= 4 is 47.3 Å². The van der Waals surface area contributed by atoms with E-state index >= 15 is 4.79 Å². The SMILES string of the molecule is CC(=O)O[C@H]1C(=O)[C@@]2(C)C([C@H](NC(=O)c3cccc(Cl)c3)[C@]3(O)C[C@H](OC(=O)[C@H](O)[C@@H](NC(=O)OC(C)(C)C)c4ccccc4)C(C)=C1C3(C)C)[C@]1(OC(C)=O)CO[C@@H]1C[C@@H]2O. The number of carbonyl (C=O) groups excluding carboxylic acids is 6. The average Bonchev–Trinajstić information content (AvgIpc) is 3.17. The minimum Gasteiger partial charge on any atom is -0.456 e. The zero-order valence-corrected chi connectivity index (χ0v) is 36.9. The van der Waals surface area contributed by atoms with Gasteiger partial charge in [0.2, 0.25) is 0 Å². The molecule has 2 aromatic carbocycles. The van der Waals surface area contributed by atoms with Gasteiger partial charge in [-0.3, -0.25) is 19.2 Å². The predicted molar refractivity (Wildman–Crippen MR) is 220 cm³/mol. The highest BCUT2D eigenvalue weighted by Gasteiger charge is 2.77. The van der Waals surface area contributed by atoms with Gasteiger partial charge in [0, 0.05) is 48.6 Å². The number of hydrogen-bond donors (Lipinski definition) is 5. The van der Waals surface area contributed by atoms with Crippen LogP contribution >= 0.6 is 11.6 Å². The van der Waals surface area contributed by atoms with E-state index in [1.807, 2.05) is 0 Å². The Kier molecular flexibility index (Phi) is 12.5. The first kappa shape index (κ1) is 46.6. The Morgan fingerprint density at radius 2 is 1.63 bits per heavy atom. The van der Waals surface area contributed by atoms with Gasteiger partial charge in [0.25, 0.3) is 5.91 Å². The van der Waals surface area contributed by atoms with Gasteiger partial charge >= 0.3 is 24.0 Å². The first-order chi connectivity index (χ1) is 28.8. The Balaban J connectivity index is 1.54. The van der Waals surface area contributed by atoms with Crippen LogP contribution in [0.5, 0.6) is 0 Å². The van der Waals surface area contributed by atoms with Crippen molar-refractivity contribution < 1.29 is 67.8 Å². The van der Waals surface area contributed by atoms with Crippen LogP contribution in [0.3, 0.4) is 0 Å². The third-order valence-corrected chi connectivity index (χ3v) is 13.3. The number of ether oxygens (including phenoxy) is 5. The quantitative estimate of drug-likeness (QED) is 0.136. The smallest absolute Gasteiger partial charge is 0.408 e. The molecule has 5 N–H and O–H groups in total. The number of fused-ring (bicyclic) bond motifs is 5. The maximum absolute atomic E-state index is 15.5. The molecule has 1 aliphatic heterocycles. The molecule has 0 aromatic heterocycles. The molecule has 17 heteroatoms. The molecule has 6 rings (SSSR count). The molecule has 3 aliphatic carbocycles. The third kappa shape index (κ3) is 8.11. The number of halogens is 1. The van der Waals surface area contributed by atoms with E-state index in [1.165, 1.54) is 32.0 Å². The molecule has 0 spiro atoms. The van der Waals surface area contributed by atoms with E-state index in [4.69, 9.17) is 35.3 Å². The fourth-order valence-electron chi connectivity index (χ4n) is 10.0. The largest absolute Gasteiger partial charge is 0.456 e. The Morgan fingerprint density at radius 1 is 0.968 bits per heavy atom. The van der Waals surface area contributed by atoms with Crippen LogP contribution in [0.15, 0.2) is 65.7 Å². The first-order valence-corrected chi connectivity index (χ1v) is 20.8. The van der Waals surface area contributed by atoms with Crippen LogP contribution in [-0.4, -0.2) is 111 Å². The Labute approximate surface area is 364 Å². The Bertz CT molecular complexity index is 2170. The second-order valence-corrected chi connectivity index (χ2v) is 18.9. The molecular weight excluding hydrogens is 828 g/mol. The summed E-state index contributed by atoms with van der Waals surface area (Å²) in [7, 11) is 0. The number of aliphatic hydroxyl groups is 3. The predicted octanol–water partition coefficient (Wildman–Crippen LogP) is 4.06. The van der Waals surface area contributed by atoms with Crippen LogP contribution in [0.25, 0.3) is 0 Å².